The molecule has 140 valence electrons. The molecule has 0 heterocycles. The van der Waals surface area contributed by atoms with Gasteiger partial charge in [0.05, 0.1) is 6.10 Å². The summed E-state index contributed by atoms with van der Waals surface area (Å²) >= 11 is 0. The van der Waals surface area contributed by atoms with Gasteiger partial charge in [0.2, 0.25) is 6.43 Å². The summed E-state index contributed by atoms with van der Waals surface area (Å²) < 4.78 is 28.3. The summed E-state index contributed by atoms with van der Waals surface area (Å²) in [6, 6.07) is 0. The zero-order chi connectivity index (χ0) is 18.0. The number of hydrogen-bond donors (Lipinski definition) is 2. The van der Waals surface area contributed by atoms with E-state index in [1.807, 2.05) is 6.92 Å². The van der Waals surface area contributed by atoms with E-state index in [1.54, 1.807) is 0 Å². The van der Waals surface area contributed by atoms with Gasteiger partial charge in [-0.1, -0.05) is 12.8 Å². The average Bonchev–Trinajstić information content (AvgIpc) is 2.85. The van der Waals surface area contributed by atoms with Crippen molar-refractivity contribution in [1.82, 2.24) is 0 Å². The van der Waals surface area contributed by atoms with Crippen molar-refractivity contribution in [2.45, 2.75) is 76.4 Å². The van der Waals surface area contributed by atoms with Crippen LogP contribution in [-0.2, 0) is 0 Å². The number of fused-ring (bicyclic) bond motifs is 5. The van der Waals surface area contributed by atoms with Gasteiger partial charge in [-0.25, -0.2) is 8.78 Å². The SMILES string of the molecule is C#C[C@]1(O)CCC2C3CC[C@H]4C[C@@H](O)CCC4C3C(C(F)F)C[C@@]21C. The second-order valence-electron chi connectivity index (χ2n) is 9.48. The zero-order valence-electron chi connectivity index (χ0n) is 15.0. The Morgan fingerprint density at radius 2 is 1.84 bits per heavy atom. The average molecular weight is 352 g/mol. The number of halogens is 2. The zero-order valence-corrected chi connectivity index (χ0v) is 15.0. The lowest BCUT2D eigenvalue weighted by atomic mass is 9.46. The predicted octanol–water partition coefficient (Wildman–Crippen LogP) is 3.86. The quantitative estimate of drug-likeness (QED) is 0.704. The van der Waals surface area contributed by atoms with E-state index in [-0.39, 0.29) is 23.9 Å². The number of terminal acetylenes is 1. The first-order valence-electron chi connectivity index (χ1n) is 9.97. The second kappa shape index (κ2) is 5.92. The lowest BCUT2D eigenvalue weighted by molar-refractivity contribution is -0.165. The van der Waals surface area contributed by atoms with Crippen LogP contribution in [-0.4, -0.2) is 28.3 Å². The molecule has 4 heteroatoms. The number of alkyl halides is 2. The van der Waals surface area contributed by atoms with Crippen molar-refractivity contribution in [3.05, 3.63) is 0 Å². The van der Waals surface area contributed by atoms with Gasteiger partial charge in [-0.15, -0.1) is 6.42 Å². The fraction of sp³-hybridized carbons (Fsp3) is 0.905. The first kappa shape index (κ1) is 17.7. The van der Waals surface area contributed by atoms with E-state index >= 15 is 0 Å². The van der Waals surface area contributed by atoms with Crippen LogP contribution in [0.3, 0.4) is 0 Å². The van der Waals surface area contributed by atoms with E-state index in [4.69, 9.17) is 6.42 Å². The van der Waals surface area contributed by atoms with E-state index in [0.717, 1.165) is 38.5 Å². The van der Waals surface area contributed by atoms with Crippen LogP contribution in [0, 0.1) is 53.3 Å². The van der Waals surface area contributed by atoms with Crippen molar-refractivity contribution < 1.29 is 19.0 Å². The summed E-state index contributed by atoms with van der Waals surface area (Å²) in [7, 11) is 0. The minimum atomic E-state index is -2.36. The van der Waals surface area contributed by atoms with E-state index in [2.05, 4.69) is 5.92 Å². The molecule has 0 radical (unpaired) electrons. The van der Waals surface area contributed by atoms with E-state index in [1.165, 1.54) is 0 Å². The summed E-state index contributed by atoms with van der Waals surface area (Å²) in [5.74, 6) is 3.13. The first-order valence-corrected chi connectivity index (χ1v) is 9.97. The van der Waals surface area contributed by atoms with Crippen molar-refractivity contribution in [1.29, 1.82) is 0 Å². The normalized spacial score (nSPS) is 55.2. The number of hydrogen-bond acceptors (Lipinski definition) is 2. The maximum absolute atomic E-state index is 14.1. The topological polar surface area (TPSA) is 40.5 Å². The Hall–Kier alpha value is -0.660. The Labute approximate surface area is 149 Å². The minimum absolute atomic E-state index is 0.0319. The molecule has 5 unspecified atom stereocenters. The molecule has 0 saturated heterocycles. The van der Waals surface area contributed by atoms with Crippen LogP contribution in [0.5, 0.6) is 0 Å². The van der Waals surface area contributed by atoms with Crippen LogP contribution < -0.4 is 0 Å². The number of aliphatic hydroxyl groups excluding tert-OH is 1. The van der Waals surface area contributed by atoms with Gasteiger partial charge in [0.15, 0.2) is 0 Å². The molecule has 0 bridgehead atoms. The molecule has 4 aliphatic rings. The molecule has 4 saturated carbocycles. The van der Waals surface area contributed by atoms with Gasteiger partial charge in [-0.05, 0) is 81.0 Å². The van der Waals surface area contributed by atoms with Gasteiger partial charge in [0.25, 0.3) is 0 Å². The highest BCUT2D eigenvalue weighted by Gasteiger charge is 2.65. The van der Waals surface area contributed by atoms with Gasteiger partial charge in [-0.2, -0.15) is 0 Å². The lowest BCUT2D eigenvalue weighted by Crippen LogP contribution is -2.57. The van der Waals surface area contributed by atoms with E-state index < -0.39 is 23.4 Å². The van der Waals surface area contributed by atoms with Crippen LogP contribution in [0.1, 0.15) is 58.3 Å². The summed E-state index contributed by atoms with van der Waals surface area (Å²) in [5.41, 5.74) is -1.83. The van der Waals surface area contributed by atoms with Crippen LogP contribution in [0.15, 0.2) is 0 Å². The van der Waals surface area contributed by atoms with Gasteiger partial charge >= 0.3 is 0 Å². The molecule has 25 heavy (non-hydrogen) atoms. The highest BCUT2D eigenvalue weighted by Crippen LogP contribution is 2.67. The minimum Gasteiger partial charge on any atom is -0.393 e. The van der Waals surface area contributed by atoms with Crippen molar-refractivity contribution in [2.24, 2.45) is 40.9 Å². The maximum Gasteiger partial charge on any atom is 0.241 e. The third-order valence-electron chi connectivity index (χ3n) is 8.69. The molecule has 2 nitrogen and oxygen atoms in total. The monoisotopic (exact) mass is 352 g/mol. The fourth-order valence-corrected chi connectivity index (χ4v) is 7.52. The smallest absolute Gasteiger partial charge is 0.241 e. The molecule has 2 N–H and O–H groups in total. The molecule has 0 aromatic carbocycles. The molecular weight excluding hydrogens is 322 g/mol. The number of aliphatic hydroxyl groups is 2. The fourth-order valence-electron chi connectivity index (χ4n) is 7.52. The third kappa shape index (κ3) is 2.42. The summed E-state index contributed by atoms with van der Waals surface area (Å²) in [4.78, 5) is 0. The van der Waals surface area contributed by atoms with E-state index in [0.29, 0.717) is 24.7 Å². The summed E-state index contributed by atoms with van der Waals surface area (Å²) in [5, 5.41) is 21.0. The van der Waals surface area contributed by atoms with Crippen LogP contribution in [0.4, 0.5) is 8.78 Å². The third-order valence-corrected chi connectivity index (χ3v) is 8.69. The predicted molar refractivity (Wildman–Crippen MR) is 91.8 cm³/mol. The Morgan fingerprint density at radius 1 is 1.12 bits per heavy atom. The van der Waals surface area contributed by atoms with Gasteiger partial charge in [0, 0.05) is 11.3 Å². The first-order chi connectivity index (χ1) is 11.8. The highest BCUT2D eigenvalue weighted by molar-refractivity contribution is 5.24. The van der Waals surface area contributed by atoms with Gasteiger partial charge in [0.1, 0.15) is 5.60 Å². The van der Waals surface area contributed by atoms with Crippen molar-refractivity contribution >= 4 is 0 Å². The van der Waals surface area contributed by atoms with Crippen molar-refractivity contribution in [3.63, 3.8) is 0 Å². The van der Waals surface area contributed by atoms with E-state index in [9.17, 15) is 19.0 Å². The standard InChI is InChI=1S/C21H30F2O2/c1-3-21(25)9-8-17-15-6-4-12-10-13(24)5-7-14(12)18(15)16(19(22)23)11-20(17,21)2/h1,12-19,24-25H,4-11H2,2H3/t12-,13-,14?,15?,16?,17?,18?,20-,21-/m0/s1. The molecule has 0 aromatic rings. The molecule has 4 rings (SSSR count). The van der Waals surface area contributed by atoms with Gasteiger partial charge in [-0.3, -0.25) is 0 Å². The Morgan fingerprint density at radius 3 is 2.52 bits per heavy atom. The second-order valence-corrected chi connectivity index (χ2v) is 9.48. The Balaban J connectivity index is 1.70. The Kier molecular flexibility index (Phi) is 4.20. The lowest BCUT2D eigenvalue weighted by Gasteiger charge is -2.59. The molecule has 0 aromatic heterocycles. The van der Waals surface area contributed by atoms with Crippen LogP contribution in [0.25, 0.3) is 0 Å². The molecule has 4 fully saturated rings. The van der Waals surface area contributed by atoms with Crippen LogP contribution in [0.2, 0.25) is 0 Å². The Bertz CT molecular complexity index is 573. The van der Waals surface area contributed by atoms with Gasteiger partial charge < -0.3 is 10.2 Å². The molecule has 0 amide bonds. The summed E-state index contributed by atoms with van der Waals surface area (Å²) in [6.07, 6.45) is 9.14. The molecule has 0 spiro atoms. The molecule has 9 atom stereocenters. The number of rotatable bonds is 1. The largest absolute Gasteiger partial charge is 0.393 e. The highest BCUT2D eigenvalue weighted by atomic mass is 19.3. The van der Waals surface area contributed by atoms with Crippen molar-refractivity contribution in [3.8, 4) is 12.3 Å². The molecular formula is C21H30F2O2. The summed E-state index contributed by atoms with van der Waals surface area (Å²) in [6.45, 7) is 1.97. The molecule has 0 aliphatic heterocycles. The van der Waals surface area contributed by atoms with Crippen LogP contribution >= 0.6 is 0 Å². The maximum atomic E-state index is 14.1. The molecule has 4 aliphatic carbocycles. The van der Waals surface area contributed by atoms with Crippen molar-refractivity contribution in [2.75, 3.05) is 0 Å².